The van der Waals surface area contributed by atoms with Crippen molar-refractivity contribution in [2.45, 2.75) is 11.1 Å². The number of rotatable bonds is 4. The largest absolute Gasteiger partial charge is 0.416 e. The van der Waals surface area contributed by atoms with Gasteiger partial charge in [-0.05, 0) is 35.5 Å². The summed E-state index contributed by atoms with van der Waals surface area (Å²) < 4.78 is 70.8. The zero-order valence-electron chi connectivity index (χ0n) is 15.6. The van der Waals surface area contributed by atoms with Crippen molar-refractivity contribution in [1.82, 2.24) is 14.4 Å². The predicted molar refractivity (Wildman–Crippen MR) is 102 cm³/mol. The molecule has 4 rings (SSSR count). The Labute approximate surface area is 170 Å². The molecule has 1 aliphatic rings. The van der Waals surface area contributed by atoms with Crippen LogP contribution in [0, 0.1) is 0 Å². The van der Waals surface area contributed by atoms with E-state index in [1.165, 1.54) is 6.07 Å². The minimum atomic E-state index is -4.61. The minimum Gasteiger partial charge on any atom is -0.336 e. The quantitative estimate of drug-likeness (QED) is 0.622. The summed E-state index contributed by atoms with van der Waals surface area (Å²) >= 11 is 0. The van der Waals surface area contributed by atoms with Gasteiger partial charge in [0.1, 0.15) is 0 Å². The van der Waals surface area contributed by atoms with E-state index >= 15 is 0 Å². The number of hydrogen-bond donors (Lipinski definition) is 0. The van der Waals surface area contributed by atoms with Crippen molar-refractivity contribution in [3.05, 3.63) is 60.2 Å². The van der Waals surface area contributed by atoms with Crippen LogP contribution in [0.5, 0.6) is 0 Å². The molecule has 3 aromatic rings. The van der Waals surface area contributed by atoms with Crippen molar-refractivity contribution < 1.29 is 26.1 Å². The Bertz CT molecular complexity index is 1130. The topological polar surface area (TPSA) is 79.5 Å². The van der Waals surface area contributed by atoms with Gasteiger partial charge in [0.2, 0.25) is 10.0 Å². The molecular formula is C19H17F3N4O3S. The number of benzene rings is 2. The molecule has 11 heteroatoms. The third-order valence-electron chi connectivity index (χ3n) is 4.76. The summed E-state index contributed by atoms with van der Waals surface area (Å²) in [7, 11) is -4.05. The number of piperazine rings is 1. The maximum Gasteiger partial charge on any atom is 0.416 e. The normalized spacial score (nSPS) is 16.0. The fraction of sp³-hybridized carbons (Fsp3) is 0.263. The Morgan fingerprint density at radius 3 is 2.30 bits per heavy atom. The second-order valence-corrected chi connectivity index (χ2v) is 8.62. The van der Waals surface area contributed by atoms with Crippen LogP contribution in [0.3, 0.4) is 0 Å². The summed E-state index contributed by atoms with van der Waals surface area (Å²) in [4.78, 5) is 5.74. The molecule has 7 nitrogen and oxygen atoms in total. The second kappa shape index (κ2) is 7.73. The van der Waals surface area contributed by atoms with E-state index in [9.17, 15) is 21.6 Å². The Morgan fingerprint density at radius 1 is 0.933 bits per heavy atom. The summed E-state index contributed by atoms with van der Waals surface area (Å²) in [6, 6.07) is 13.0. The van der Waals surface area contributed by atoms with Crippen LogP contribution in [0.15, 0.2) is 64.0 Å². The van der Waals surface area contributed by atoms with Crippen molar-refractivity contribution in [2.24, 2.45) is 0 Å². The number of anilines is 1. The first-order valence-electron chi connectivity index (χ1n) is 9.07. The molecule has 0 aliphatic carbocycles. The maximum atomic E-state index is 12.9. The number of alkyl halides is 3. The summed E-state index contributed by atoms with van der Waals surface area (Å²) in [5.41, 5.74) is -0.232. The Balaban J connectivity index is 1.46. The van der Waals surface area contributed by atoms with Gasteiger partial charge < -0.3 is 9.42 Å². The molecule has 0 saturated carbocycles. The molecule has 0 bridgehead atoms. The maximum absolute atomic E-state index is 12.9. The third-order valence-corrected chi connectivity index (χ3v) is 6.65. The summed E-state index contributed by atoms with van der Waals surface area (Å²) in [5.74, 6) is 0.689. The molecule has 0 amide bonds. The van der Waals surface area contributed by atoms with Crippen molar-refractivity contribution >= 4 is 16.0 Å². The number of nitrogens with zero attached hydrogens (tertiary/aromatic N) is 4. The van der Waals surface area contributed by atoms with Crippen LogP contribution < -0.4 is 4.90 Å². The van der Waals surface area contributed by atoms with Crippen molar-refractivity contribution in [3.63, 3.8) is 0 Å². The molecule has 1 aromatic heterocycles. The highest BCUT2D eigenvalue weighted by molar-refractivity contribution is 7.89. The molecule has 0 radical (unpaired) electrons. The molecule has 2 aromatic carbocycles. The van der Waals surface area contributed by atoms with Gasteiger partial charge in [-0.25, -0.2) is 8.42 Å². The van der Waals surface area contributed by atoms with E-state index in [4.69, 9.17) is 4.52 Å². The van der Waals surface area contributed by atoms with Crippen LogP contribution in [-0.2, 0) is 16.2 Å². The van der Waals surface area contributed by atoms with Crippen LogP contribution in [-0.4, -0.2) is 49.0 Å². The van der Waals surface area contributed by atoms with Crippen LogP contribution in [0.25, 0.3) is 11.5 Å². The van der Waals surface area contributed by atoms with Gasteiger partial charge >= 0.3 is 6.18 Å². The molecule has 0 atom stereocenters. The highest BCUT2D eigenvalue weighted by atomic mass is 32.2. The average molecular weight is 438 g/mol. The fourth-order valence-corrected chi connectivity index (χ4v) is 4.62. The standard InChI is InChI=1S/C19H17F3N4O3S/c20-19(21,22)15-7-4-8-16(13-15)30(27,28)26-11-9-25(10-12-26)18-23-17(29-24-18)14-5-2-1-3-6-14/h1-8,13H,9-12H2. The second-order valence-electron chi connectivity index (χ2n) is 6.68. The lowest BCUT2D eigenvalue weighted by atomic mass is 10.2. The molecule has 2 heterocycles. The van der Waals surface area contributed by atoms with E-state index in [0.717, 1.165) is 22.0 Å². The number of hydrogen-bond acceptors (Lipinski definition) is 6. The highest BCUT2D eigenvalue weighted by Gasteiger charge is 2.34. The molecule has 1 aliphatic heterocycles. The zero-order chi connectivity index (χ0) is 21.4. The molecule has 1 saturated heterocycles. The molecule has 0 spiro atoms. The zero-order valence-corrected chi connectivity index (χ0v) is 16.4. The monoisotopic (exact) mass is 438 g/mol. The summed E-state index contributed by atoms with van der Waals surface area (Å²) in [5, 5.41) is 3.95. The van der Waals surface area contributed by atoms with Gasteiger partial charge in [0.25, 0.3) is 11.8 Å². The van der Waals surface area contributed by atoms with Gasteiger partial charge in [-0.2, -0.15) is 22.5 Å². The smallest absolute Gasteiger partial charge is 0.336 e. The SMILES string of the molecule is O=S(=O)(c1cccc(C(F)(F)F)c1)N1CCN(c2noc(-c3ccccc3)n2)CC1. The van der Waals surface area contributed by atoms with Crippen molar-refractivity contribution in [1.29, 1.82) is 0 Å². The van der Waals surface area contributed by atoms with E-state index in [2.05, 4.69) is 10.1 Å². The number of sulfonamides is 1. The first-order chi connectivity index (χ1) is 14.2. The molecule has 0 N–H and O–H groups in total. The van der Waals surface area contributed by atoms with Gasteiger partial charge in [-0.15, -0.1) is 0 Å². The molecule has 30 heavy (non-hydrogen) atoms. The molecule has 0 unspecified atom stereocenters. The van der Waals surface area contributed by atoms with E-state index in [-0.39, 0.29) is 31.1 Å². The van der Waals surface area contributed by atoms with Crippen molar-refractivity contribution in [3.8, 4) is 11.5 Å². The first-order valence-corrected chi connectivity index (χ1v) is 10.5. The Kier molecular flexibility index (Phi) is 5.24. The van der Waals surface area contributed by atoms with Gasteiger partial charge in [0, 0.05) is 31.7 Å². The lowest BCUT2D eigenvalue weighted by Gasteiger charge is -2.33. The van der Waals surface area contributed by atoms with Gasteiger partial charge in [-0.1, -0.05) is 24.3 Å². The minimum absolute atomic E-state index is 0.0911. The Morgan fingerprint density at radius 2 is 1.63 bits per heavy atom. The van der Waals surface area contributed by atoms with Crippen LogP contribution in [0.4, 0.5) is 19.1 Å². The molecule has 158 valence electrons. The van der Waals surface area contributed by atoms with E-state index < -0.39 is 21.8 Å². The van der Waals surface area contributed by atoms with Crippen LogP contribution in [0.2, 0.25) is 0 Å². The summed E-state index contributed by atoms with van der Waals surface area (Å²) in [6.45, 7) is 0.749. The Hall–Kier alpha value is -2.92. The fourth-order valence-electron chi connectivity index (χ4n) is 3.15. The third kappa shape index (κ3) is 4.03. The number of halogens is 3. The van der Waals surface area contributed by atoms with Gasteiger partial charge in [-0.3, -0.25) is 0 Å². The first kappa shape index (κ1) is 20.4. The predicted octanol–water partition coefficient (Wildman–Crippen LogP) is 3.27. The van der Waals surface area contributed by atoms with Gasteiger partial charge in [0.05, 0.1) is 10.5 Å². The summed E-state index contributed by atoms with van der Waals surface area (Å²) in [6.07, 6.45) is -4.61. The van der Waals surface area contributed by atoms with E-state index in [1.54, 1.807) is 4.90 Å². The van der Waals surface area contributed by atoms with E-state index in [0.29, 0.717) is 17.9 Å². The van der Waals surface area contributed by atoms with Crippen molar-refractivity contribution in [2.75, 3.05) is 31.1 Å². The van der Waals surface area contributed by atoms with Gasteiger partial charge in [0.15, 0.2) is 0 Å². The molecular weight excluding hydrogens is 421 g/mol. The van der Waals surface area contributed by atoms with Crippen LogP contribution >= 0.6 is 0 Å². The lowest BCUT2D eigenvalue weighted by molar-refractivity contribution is -0.137. The van der Waals surface area contributed by atoms with Crippen LogP contribution in [0.1, 0.15) is 5.56 Å². The molecule has 1 fully saturated rings. The lowest BCUT2D eigenvalue weighted by Crippen LogP contribution is -2.49. The average Bonchev–Trinajstić information content (AvgIpc) is 3.24. The number of aromatic nitrogens is 2. The van der Waals surface area contributed by atoms with E-state index in [1.807, 2.05) is 30.3 Å². The highest BCUT2D eigenvalue weighted by Crippen LogP contribution is 2.31.